The van der Waals surface area contributed by atoms with Crippen LogP contribution in [0, 0.1) is 27.7 Å². The molecule has 0 spiro atoms. The number of hydrogen-bond acceptors (Lipinski definition) is 2. The van der Waals surface area contributed by atoms with Crippen molar-refractivity contribution in [3.05, 3.63) is 70.8 Å². The Hall–Kier alpha value is -2.74. The van der Waals surface area contributed by atoms with Gasteiger partial charge in [-0.3, -0.25) is 0 Å². The van der Waals surface area contributed by atoms with Gasteiger partial charge in [0.1, 0.15) is 0 Å². The maximum Gasteiger partial charge on any atom is 0.0346 e. The van der Waals surface area contributed by atoms with Crippen LogP contribution in [-0.4, -0.2) is 0 Å². The van der Waals surface area contributed by atoms with Gasteiger partial charge in [0, 0.05) is 11.4 Å². The molecule has 0 saturated carbocycles. The van der Waals surface area contributed by atoms with E-state index in [1.54, 1.807) is 0 Å². The van der Waals surface area contributed by atoms with Crippen LogP contribution in [0.25, 0.3) is 22.3 Å². The molecule has 136 valence electrons. The molecule has 2 nitrogen and oxygen atoms in total. The standard InChI is InChI=1S/C22H24N2.C2H6/c1-13-15(3)21(23)11-9-17(13)19-7-5-6-8-20(19)18-10-12-22(24)16(4)14(18)2;1-2/h5-12H,23-24H2,1-4H3;1-2H3. The van der Waals surface area contributed by atoms with E-state index in [0.717, 1.165) is 22.5 Å². The summed E-state index contributed by atoms with van der Waals surface area (Å²) in [5.41, 5.74) is 23.5. The molecule has 3 aromatic rings. The van der Waals surface area contributed by atoms with E-state index in [1.807, 2.05) is 26.0 Å². The van der Waals surface area contributed by atoms with Crippen molar-refractivity contribution in [2.75, 3.05) is 11.5 Å². The Bertz CT molecular complexity index is 847. The van der Waals surface area contributed by atoms with Crippen LogP contribution >= 0.6 is 0 Å². The molecule has 3 aromatic carbocycles. The highest BCUT2D eigenvalue weighted by Gasteiger charge is 2.14. The van der Waals surface area contributed by atoms with Crippen LogP contribution in [0.3, 0.4) is 0 Å². The van der Waals surface area contributed by atoms with Crippen LogP contribution in [-0.2, 0) is 0 Å². The molecule has 0 aliphatic heterocycles. The topological polar surface area (TPSA) is 52.0 Å². The molecule has 0 aliphatic carbocycles. The van der Waals surface area contributed by atoms with Gasteiger partial charge >= 0.3 is 0 Å². The van der Waals surface area contributed by atoms with Crippen LogP contribution in [0.1, 0.15) is 36.1 Å². The highest BCUT2D eigenvalue weighted by Crippen LogP contribution is 2.38. The molecular formula is C24H30N2. The van der Waals surface area contributed by atoms with Crippen LogP contribution in [0.5, 0.6) is 0 Å². The van der Waals surface area contributed by atoms with Crippen LogP contribution < -0.4 is 11.5 Å². The second-order valence-electron chi connectivity index (χ2n) is 6.45. The first-order valence-corrected chi connectivity index (χ1v) is 9.23. The van der Waals surface area contributed by atoms with Gasteiger partial charge in [0.05, 0.1) is 0 Å². The third-order valence-electron chi connectivity index (χ3n) is 5.17. The summed E-state index contributed by atoms with van der Waals surface area (Å²) in [6.07, 6.45) is 0. The summed E-state index contributed by atoms with van der Waals surface area (Å²) >= 11 is 0. The monoisotopic (exact) mass is 346 g/mol. The summed E-state index contributed by atoms with van der Waals surface area (Å²) in [6, 6.07) is 16.8. The Morgan fingerprint density at radius 1 is 0.462 bits per heavy atom. The van der Waals surface area contributed by atoms with E-state index in [4.69, 9.17) is 11.5 Å². The molecule has 0 aliphatic rings. The van der Waals surface area contributed by atoms with Gasteiger partial charge < -0.3 is 11.5 Å². The predicted octanol–water partition coefficient (Wildman–Crippen LogP) is 6.44. The number of benzene rings is 3. The van der Waals surface area contributed by atoms with E-state index >= 15 is 0 Å². The van der Waals surface area contributed by atoms with Gasteiger partial charge in [-0.1, -0.05) is 50.2 Å². The number of anilines is 2. The van der Waals surface area contributed by atoms with Crippen molar-refractivity contribution in [3.63, 3.8) is 0 Å². The third-order valence-corrected chi connectivity index (χ3v) is 5.17. The second kappa shape index (κ2) is 8.09. The summed E-state index contributed by atoms with van der Waals surface area (Å²) in [5.74, 6) is 0. The normalized spacial score (nSPS) is 10.2. The molecule has 0 amide bonds. The first kappa shape index (κ1) is 19.6. The lowest BCUT2D eigenvalue weighted by Gasteiger charge is -2.18. The average molecular weight is 347 g/mol. The van der Waals surface area contributed by atoms with Crippen LogP contribution in [0.15, 0.2) is 48.5 Å². The molecule has 0 aromatic heterocycles. The van der Waals surface area contributed by atoms with Crippen molar-refractivity contribution in [2.45, 2.75) is 41.5 Å². The maximum atomic E-state index is 6.06. The molecule has 3 rings (SSSR count). The summed E-state index contributed by atoms with van der Waals surface area (Å²) in [6.45, 7) is 12.4. The van der Waals surface area contributed by atoms with E-state index in [0.29, 0.717) is 0 Å². The van der Waals surface area contributed by atoms with Gasteiger partial charge in [0.2, 0.25) is 0 Å². The van der Waals surface area contributed by atoms with Gasteiger partial charge in [-0.25, -0.2) is 0 Å². The Morgan fingerprint density at radius 3 is 1.15 bits per heavy atom. The fourth-order valence-corrected chi connectivity index (χ4v) is 3.22. The van der Waals surface area contributed by atoms with E-state index in [2.05, 4.69) is 64.1 Å². The van der Waals surface area contributed by atoms with Crippen molar-refractivity contribution in [3.8, 4) is 22.3 Å². The Labute approximate surface area is 157 Å². The SMILES string of the molecule is CC.Cc1c(N)ccc(-c2ccccc2-c2ccc(N)c(C)c2C)c1C. The molecule has 0 bridgehead atoms. The molecule has 4 N–H and O–H groups in total. The highest BCUT2D eigenvalue weighted by atomic mass is 14.6. The summed E-state index contributed by atoms with van der Waals surface area (Å²) < 4.78 is 0. The third kappa shape index (κ3) is 3.45. The number of hydrogen-bond donors (Lipinski definition) is 2. The maximum absolute atomic E-state index is 6.06. The Balaban J connectivity index is 0.00000117. The predicted molar refractivity (Wildman–Crippen MR) is 116 cm³/mol. The smallest absolute Gasteiger partial charge is 0.0346 e. The van der Waals surface area contributed by atoms with Gasteiger partial charge in [-0.15, -0.1) is 0 Å². The summed E-state index contributed by atoms with van der Waals surface area (Å²) in [5, 5.41) is 0. The van der Waals surface area contributed by atoms with Crippen LogP contribution in [0.2, 0.25) is 0 Å². The van der Waals surface area contributed by atoms with Gasteiger partial charge in [-0.05, 0) is 84.3 Å². The van der Waals surface area contributed by atoms with Crippen molar-refractivity contribution in [2.24, 2.45) is 0 Å². The molecule has 0 unspecified atom stereocenters. The van der Waals surface area contributed by atoms with E-state index < -0.39 is 0 Å². The number of nitrogens with two attached hydrogens (primary N) is 2. The van der Waals surface area contributed by atoms with E-state index in [9.17, 15) is 0 Å². The van der Waals surface area contributed by atoms with Gasteiger partial charge in [0.15, 0.2) is 0 Å². The average Bonchev–Trinajstić information content (AvgIpc) is 2.66. The Kier molecular flexibility index (Phi) is 6.10. The highest BCUT2D eigenvalue weighted by molar-refractivity contribution is 5.88. The second-order valence-corrected chi connectivity index (χ2v) is 6.45. The van der Waals surface area contributed by atoms with Gasteiger partial charge in [0.25, 0.3) is 0 Å². The molecule has 26 heavy (non-hydrogen) atoms. The van der Waals surface area contributed by atoms with Crippen molar-refractivity contribution in [1.82, 2.24) is 0 Å². The first-order valence-electron chi connectivity index (χ1n) is 9.23. The van der Waals surface area contributed by atoms with E-state index in [-0.39, 0.29) is 0 Å². The number of rotatable bonds is 2. The lowest BCUT2D eigenvalue weighted by molar-refractivity contribution is 1.33. The molecule has 0 saturated heterocycles. The van der Waals surface area contributed by atoms with Crippen molar-refractivity contribution in [1.29, 1.82) is 0 Å². The fraction of sp³-hybridized carbons (Fsp3) is 0.250. The van der Waals surface area contributed by atoms with Gasteiger partial charge in [-0.2, -0.15) is 0 Å². The zero-order chi connectivity index (χ0) is 19.4. The molecule has 0 heterocycles. The van der Waals surface area contributed by atoms with Crippen molar-refractivity contribution >= 4 is 11.4 Å². The fourth-order valence-electron chi connectivity index (χ4n) is 3.22. The van der Waals surface area contributed by atoms with Crippen molar-refractivity contribution < 1.29 is 0 Å². The minimum Gasteiger partial charge on any atom is -0.399 e. The zero-order valence-electron chi connectivity index (χ0n) is 16.8. The lowest BCUT2D eigenvalue weighted by atomic mass is 9.87. The summed E-state index contributed by atoms with van der Waals surface area (Å²) in [7, 11) is 0. The minimum atomic E-state index is 0.841. The quantitative estimate of drug-likeness (QED) is 0.524. The number of nitrogen functional groups attached to an aromatic ring is 2. The Morgan fingerprint density at radius 2 is 0.808 bits per heavy atom. The molecule has 0 atom stereocenters. The summed E-state index contributed by atoms with van der Waals surface area (Å²) in [4.78, 5) is 0. The minimum absolute atomic E-state index is 0.841. The molecule has 0 radical (unpaired) electrons. The first-order chi connectivity index (χ1) is 12.4. The van der Waals surface area contributed by atoms with Crippen LogP contribution in [0.4, 0.5) is 11.4 Å². The lowest BCUT2D eigenvalue weighted by Crippen LogP contribution is -1.98. The molecule has 2 heteroatoms. The largest absolute Gasteiger partial charge is 0.399 e. The van der Waals surface area contributed by atoms with E-state index in [1.165, 1.54) is 33.4 Å². The zero-order valence-corrected chi connectivity index (χ0v) is 16.8. The molecule has 0 fully saturated rings. The molecular weight excluding hydrogens is 316 g/mol.